The molecule has 1 aromatic heterocycles. The van der Waals surface area contributed by atoms with Crippen LogP contribution in [-0.4, -0.2) is 16.6 Å². The molecule has 1 aliphatic carbocycles. The van der Waals surface area contributed by atoms with Gasteiger partial charge in [-0.05, 0) is 31.4 Å². The summed E-state index contributed by atoms with van der Waals surface area (Å²) in [6, 6.07) is 5.50. The molecule has 1 amide bonds. The van der Waals surface area contributed by atoms with Gasteiger partial charge in [-0.1, -0.05) is 6.07 Å². The molecule has 0 spiro atoms. The first-order valence-corrected chi connectivity index (χ1v) is 5.18. The molecule has 1 aromatic rings. The van der Waals surface area contributed by atoms with E-state index in [2.05, 4.69) is 10.1 Å². The molecule has 1 atom stereocenters. The van der Waals surface area contributed by atoms with Crippen LogP contribution >= 0.6 is 0 Å². The minimum atomic E-state index is 0.0343. The SMILES string of the molecule is O=C1C2CCCC2=NN1c1ccccn1. The van der Waals surface area contributed by atoms with Gasteiger partial charge < -0.3 is 0 Å². The quantitative estimate of drug-likeness (QED) is 0.692. The smallest absolute Gasteiger partial charge is 0.257 e. The zero-order valence-electron chi connectivity index (χ0n) is 8.26. The molecule has 76 valence electrons. The van der Waals surface area contributed by atoms with Crippen LogP contribution in [0.25, 0.3) is 0 Å². The van der Waals surface area contributed by atoms with Gasteiger partial charge in [-0.2, -0.15) is 10.1 Å². The van der Waals surface area contributed by atoms with Crippen LogP contribution in [0, 0.1) is 5.92 Å². The van der Waals surface area contributed by atoms with Gasteiger partial charge in [-0.25, -0.2) is 4.98 Å². The van der Waals surface area contributed by atoms with Crippen molar-refractivity contribution < 1.29 is 4.79 Å². The number of hydrogen-bond acceptors (Lipinski definition) is 3. The van der Waals surface area contributed by atoms with E-state index in [1.165, 1.54) is 5.01 Å². The molecule has 15 heavy (non-hydrogen) atoms. The van der Waals surface area contributed by atoms with Crippen molar-refractivity contribution in [3.63, 3.8) is 0 Å². The fourth-order valence-electron chi connectivity index (χ4n) is 2.18. The number of nitrogens with zero attached hydrogens (tertiary/aromatic N) is 3. The van der Waals surface area contributed by atoms with E-state index in [-0.39, 0.29) is 11.8 Å². The molecule has 1 saturated carbocycles. The number of hydrogen-bond donors (Lipinski definition) is 0. The number of rotatable bonds is 1. The van der Waals surface area contributed by atoms with Gasteiger partial charge in [0.25, 0.3) is 5.91 Å². The third-order valence-corrected chi connectivity index (χ3v) is 2.93. The van der Waals surface area contributed by atoms with Crippen molar-refractivity contribution in [3.8, 4) is 0 Å². The van der Waals surface area contributed by atoms with Crippen LogP contribution in [0.4, 0.5) is 5.82 Å². The first kappa shape index (κ1) is 8.59. The molecule has 0 N–H and O–H groups in total. The van der Waals surface area contributed by atoms with Crippen molar-refractivity contribution in [1.29, 1.82) is 0 Å². The van der Waals surface area contributed by atoms with Crippen LogP contribution in [0.1, 0.15) is 19.3 Å². The van der Waals surface area contributed by atoms with Crippen LogP contribution in [0.2, 0.25) is 0 Å². The summed E-state index contributed by atoms with van der Waals surface area (Å²) in [6.45, 7) is 0. The second-order valence-corrected chi connectivity index (χ2v) is 3.87. The maximum Gasteiger partial charge on any atom is 0.257 e. The summed E-state index contributed by atoms with van der Waals surface area (Å²) in [4.78, 5) is 16.1. The van der Waals surface area contributed by atoms with Gasteiger partial charge in [0.15, 0.2) is 5.82 Å². The number of carbonyl (C=O) groups is 1. The average Bonchev–Trinajstić information content (AvgIpc) is 2.83. The van der Waals surface area contributed by atoms with Gasteiger partial charge in [0.1, 0.15) is 0 Å². The van der Waals surface area contributed by atoms with E-state index in [9.17, 15) is 4.79 Å². The predicted molar refractivity (Wildman–Crippen MR) is 56.5 cm³/mol. The summed E-state index contributed by atoms with van der Waals surface area (Å²) < 4.78 is 0. The van der Waals surface area contributed by atoms with Crippen LogP contribution in [0.3, 0.4) is 0 Å². The standard InChI is InChI=1S/C11H11N3O/c15-11-8-4-3-5-9(8)13-14(11)10-6-1-2-7-12-10/h1-2,6-8H,3-5H2. The molecule has 0 radical (unpaired) electrons. The minimum Gasteiger partial charge on any atom is -0.272 e. The summed E-state index contributed by atoms with van der Waals surface area (Å²) in [5.74, 6) is 0.748. The number of aromatic nitrogens is 1. The van der Waals surface area contributed by atoms with Gasteiger partial charge in [0.05, 0.1) is 11.6 Å². The Morgan fingerprint density at radius 1 is 1.40 bits per heavy atom. The Kier molecular flexibility index (Phi) is 1.80. The average molecular weight is 201 g/mol. The summed E-state index contributed by atoms with van der Waals surface area (Å²) >= 11 is 0. The largest absolute Gasteiger partial charge is 0.272 e. The highest BCUT2D eigenvalue weighted by molar-refractivity contribution is 6.16. The Balaban J connectivity index is 1.97. The van der Waals surface area contributed by atoms with Gasteiger partial charge in [0, 0.05) is 6.20 Å². The summed E-state index contributed by atoms with van der Waals surface area (Å²) in [5.41, 5.74) is 1.03. The molecule has 2 heterocycles. The van der Waals surface area contributed by atoms with Crippen molar-refractivity contribution >= 4 is 17.4 Å². The van der Waals surface area contributed by atoms with E-state index < -0.39 is 0 Å². The Morgan fingerprint density at radius 2 is 2.33 bits per heavy atom. The number of carbonyl (C=O) groups excluding carboxylic acids is 1. The molecule has 1 aliphatic heterocycles. The number of hydrazone groups is 1. The van der Waals surface area contributed by atoms with Gasteiger partial charge >= 0.3 is 0 Å². The van der Waals surface area contributed by atoms with E-state index in [0.717, 1.165) is 25.0 Å². The van der Waals surface area contributed by atoms with Crippen LogP contribution < -0.4 is 5.01 Å². The molecular formula is C11H11N3O. The highest BCUT2D eigenvalue weighted by Gasteiger charge is 2.39. The molecule has 1 fully saturated rings. The lowest BCUT2D eigenvalue weighted by atomic mass is 10.1. The topological polar surface area (TPSA) is 45.6 Å². The monoisotopic (exact) mass is 201 g/mol. The van der Waals surface area contributed by atoms with E-state index in [1.807, 2.05) is 18.2 Å². The van der Waals surface area contributed by atoms with Crippen molar-refractivity contribution in [2.45, 2.75) is 19.3 Å². The number of anilines is 1. The predicted octanol–water partition coefficient (Wildman–Crippen LogP) is 1.58. The molecule has 4 nitrogen and oxygen atoms in total. The van der Waals surface area contributed by atoms with Crippen LogP contribution in [-0.2, 0) is 4.79 Å². The number of pyridine rings is 1. The highest BCUT2D eigenvalue weighted by atomic mass is 16.2. The zero-order chi connectivity index (χ0) is 10.3. The Hall–Kier alpha value is -1.71. The van der Waals surface area contributed by atoms with Crippen molar-refractivity contribution in [1.82, 2.24) is 4.98 Å². The zero-order valence-corrected chi connectivity index (χ0v) is 8.26. The summed E-state index contributed by atoms with van der Waals surface area (Å²) in [6.07, 6.45) is 4.67. The van der Waals surface area contributed by atoms with Crippen molar-refractivity contribution in [3.05, 3.63) is 24.4 Å². The third kappa shape index (κ3) is 1.25. The summed E-state index contributed by atoms with van der Waals surface area (Å²) in [5, 5.41) is 5.78. The van der Waals surface area contributed by atoms with E-state index in [1.54, 1.807) is 6.20 Å². The second-order valence-electron chi connectivity index (χ2n) is 3.87. The van der Waals surface area contributed by atoms with Crippen LogP contribution in [0.15, 0.2) is 29.5 Å². The first-order valence-electron chi connectivity index (χ1n) is 5.18. The third-order valence-electron chi connectivity index (χ3n) is 2.93. The first-order chi connectivity index (χ1) is 7.36. The number of amides is 1. The van der Waals surface area contributed by atoms with E-state index in [0.29, 0.717) is 5.82 Å². The normalized spacial score (nSPS) is 24.3. The fraction of sp³-hybridized carbons (Fsp3) is 0.364. The van der Waals surface area contributed by atoms with Crippen molar-refractivity contribution in [2.24, 2.45) is 11.0 Å². The summed E-state index contributed by atoms with van der Waals surface area (Å²) in [7, 11) is 0. The van der Waals surface area contributed by atoms with Crippen molar-refractivity contribution in [2.75, 3.05) is 5.01 Å². The molecule has 0 aromatic carbocycles. The Morgan fingerprint density at radius 3 is 3.07 bits per heavy atom. The molecule has 4 heteroatoms. The second kappa shape index (κ2) is 3.15. The molecule has 2 aliphatic rings. The van der Waals surface area contributed by atoms with Gasteiger partial charge in [0.2, 0.25) is 0 Å². The molecule has 1 unspecified atom stereocenters. The van der Waals surface area contributed by atoms with E-state index >= 15 is 0 Å². The lowest BCUT2D eigenvalue weighted by Gasteiger charge is -2.11. The molecular weight excluding hydrogens is 190 g/mol. The Labute approximate surface area is 87.6 Å². The Bertz CT molecular complexity index is 427. The maximum atomic E-state index is 12.0. The molecule has 0 bridgehead atoms. The van der Waals surface area contributed by atoms with E-state index in [4.69, 9.17) is 0 Å². The molecule has 3 rings (SSSR count). The maximum absolute atomic E-state index is 12.0. The minimum absolute atomic E-state index is 0.0343. The van der Waals surface area contributed by atoms with Gasteiger partial charge in [-0.15, -0.1) is 0 Å². The van der Waals surface area contributed by atoms with Gasteiger partial charge in [-0.3, -0.25) is 4.79 Å². The lowest BCUT2D eigenvalue weighted by molar-refractivity contribution is -0.119. The lowest BCUT2D eigenvalue weighted by Crippen LogP contribution is -2.26. The highest BCUT2D eigenvalue weighted by Crippen LogP contribution is 2.32. The fourth-order valence-corrected chi connectivity index (χ4v) is 2.18. The van der Waals surface area contributed by atoms with Crippen LogP contribution in [0.5, 0.6) is 0 Å². The molecule has 0 saturated heterocycles. The number of fused-ring (bicyclic) bond motifs is 1.